The minimum atomic E-state index is -4.80. The molecule has 1 aliphatic rings. The number of nitrogens with one attached hydrogen (secondary N) is 1. The predicted molar refractivity (Wildman–Crippen MR) is 149 cm³/mol. The van der Waals surface area contributed by atoms with E-state index in [1.165, 1.54) is 12.1 Å². The van der Waals surface area contributed by atoms with Gasteiger partial charge in [0.05, 0.1) is 11.8 Å². The second-order valence-electron chi connectivity index (χ2n) is 10.2. The van der Waals surface area contributed by atoms with E-state index in [4.69, 9.17) is 10.1 Å². The molecule has 1 N–H and O–H groups in total. The fourth-order valence-electron chi connectivity index (χ4n) is 4.84. The average Bonchev–Trinajstić information content (AvgIpc) is 3.48. The van der Waals surface area contributed by atoms with Crippen molar-refractivity contribution in [1.29, 1.82) is 5.41 Å². The normalized spacial score (nSPS) is 15.2. The van der Waals surface area contributed by atoms with Crippen LogP contribution < -0.4 is 9.47 Å². The third-order valence-electron chi connectivity index (χ3n) is 7.20. The van der Waals surface area contributed by atoms with Crippen molar-refractivity contribution < 1.29 is 32.2 Å². The Hall–Kier alpha value is -3.98. The zero-order valence-corrected chi connectivity index (χ0v) is 22.8. The van der Waals surface area contributed by atoms with Gasteiger partial charge < -0.3 is 19.8 Å². The minimum Gasteiger partial charge on any atom is -0.489 e. The minimum absolute atomic E-state index is 0.0355. The Kier molecular flexibility index (Phi) is 9.94. The number of carbonyl (C=O) groups is 2. The highest BCUT2D eigenvalue weighted by molar-refractivity contribution is 6.17. The Morgan fingerprint density at radius 1 is 0.878 bits per heavy atom. The van der Waals surface area contributed by atoms with Crippen molar-refractivity contribution in [3.63, 3.8) is 0 Å². The van der Waals surface area contributed by atoms with Crippen molar-refractivity contribution in [1.82, 2.24) is 4.90 Å². The van der Waals surface area contributed by atoms with Crippen molar-refractivity contribution in [3.8, 4) is 11.5 Å². The highest BCUT2D eigenvalue weighted by Crippen LogP contribution is 2.25. The van der Waals surface area contributed by atoms with Gasteiger partial charge in [0, 0.05) is 24.2 Å². The summed E-state index contributed by atoms with van der Waals surface area (Å²) >= 11 is 0. The largest absolute Gasteiger partial charge is 0.573 e. The zero-order chi connectivity index (χ0) is 29.4. The summed E-state index contributed by atoms with van der Waals surface area (Å²) in [5.74, 6) is -1.92. The molecule has 2 atom stereocenters. The molecule has 6 nitrogen and oxygen atoms in total. The van der Waals surface area contributed by atoms with Crippen LogP contribution in [-0.4, -0.2) is 48.2 Å². The van der Waals surface area contributed by atoms with Gasteiger partial charge in [-0.15, -0.1) is 13.2 Å². The fraction of sp³-hybridized carbons (Fsp3) is 0.344. The van der Waals surface area contributed by atoms with Crippen LogP contribution in [0.4, 0.5) is 13.2 Å². The van der Waals surface area contributed by atoms with E-state index in [0.717, 1.165) is 43.6 Å². The number of carbonyl (C=O) groups excluding carboxylic acids is 2. The molecule has 41 heavy (non-hydrogen) atoms. The van der Waals surface area contributed by atoms with Crippen LogP contribution in [0.25, 0.3) is 0 Å². The number of alkyl halides is 3. The van der Waals surface area contributed by atoms with Gasteiger partial charge in [-0.05, 0) is 73.5 Å². The van der Waals surface area contributed by atoms with E-state index in [1.54, 1.807) is 31.2 Å². The summed E-state index contributed by atoms with van der Waals surface area (Å²) < 4.78 is 47.0. The molecule has 216 valence electrons. The van der Waals surface area contributed by atoms with Crippen LogP contribution in [0.1, 0.15) is 41.3 Å². The quantitative estimate of drug-likeness (QED) is 0.188. The molecule has 0 amide bonds. The molecule has 2 unspecified atom stereocenters. The molecule has 1 saturated heterocycles. The number of hydrogen-bond donors (Lipinski definition) is 1. The first kappa shape index (κ1) is 30.0. The lowest BCUT2D eigenvalue weighted by atomic mass is 9.83. The number of ketones is 2. The van der Waals surface area contributed by atoms with Crippen LogP contribution >= 0.6 is 0 Å². The van der Waals surface area contributed by atoms with E-state index in [2.05, 4.69) is 9.64 Å². The number of likely N-dealkylation sites (tertiary alicyclic amines) is 1. The summed E-state index contributed by atoms with van der Waals surface area (Å²) in [4.78, 5) is 28.9. The number of nitrogens with zero attached hydrogens (tertiary/aromatic N) is 1. The molecule has 3 aromatic rings. The summed E-state index contributed by atoms with van der Waals surface area (Å²) in [6.45, 7) is 4.02. The first-order valence-corrected chi connectivity index (χ1v) is 13.6. The Morgan fingerprint density at radius 3 is 2.10 bits per heavy atom. The Balaban J connectivity index is 1.43. The van der Waals surface area contributed by atoms with E-state index in [9.17, 15) is 22.8 Å². The van der Waals surface area contributed by atoms with E-state index in [-0.39, 0.29) is 29.4 Å². The maximum Gasteiger partial charge on any atom is 0.573 e. The molecule has 0 saturated carbocycles. The molecule has 1 fully saturated rings. The molecule has 1 heterocycles. The van der Waals surface area contributed by atoms with Crippen LogP contribution in [0.2, 0.25) is 0 Å². The van der Waals surface area contributed by atoms with Crippen LogP contribution in [0.5, 0.6) is 11.5 Å². The monoisotopic (exact) mass is 566 g/mol. The first-order chi connectivity index (χ1) is 19.6. The second kappa shape index (κ2) is 13.6. The van der Waals surface area contributed by atoms with Crippen LogP contribution in [-0.2, 0) is 17.8 Å². The lowest BCUT2D eigenvalue weighted by Crippen LogP contribution is -2.40. The number of halogens is 3. The third kappa shape index (κ3) is 8.75. The molecule has 3 aromatic carbocycles. The van der Waals surface area contributed by atoms with Gasteiger partial charge >= 0.3 is 6.36 Å². The standard InChI is InChI=1S/C32H33F3N2O4/c1-22(29(38)19-23-9-13-27(14-10-23)41-32(33,34)35)30(36)28(20-37-17-5-6-18-37)31(39)25-11-15-26(16-12-25)40-21-24-7-3-2-4-8-24/h2-4,7-16,22,28,36H,5-6,17-21H2,1H3. The van der Waals surface area contributed by atoms with Crippen molar-refractivity contribution >= 4 is 17.3 Å². The van der Waals surface area contributed by atoms with Gasteiger partial charge in [0.15, 0.2) is 5.78 Å². The number of Topliss-reactive ketones (excluding diaryl/α,β-unsaturated/α-hetero) is 2. The molecule has 0 spiro atoms. The highest BCUT2D eigenvalue weighted by Gasteiger charge is 2.33. The molecule has 0 bridgehead atoms. The van der Waals surface area contributed by atoms with Crippen molar-refractivity contribution in [2.75, 3.05) is 19.6 Å². The molecule has 1 aliphatic heterocycles. The lowest BCUT2D eigenvalue weighted by molar-refractivity contribution is -0.274. The summed E-state index contributed by atoms with van der Waals surface area (Å²) in [6.07, 6.45) is -2.84. The molecular weight excluding hydrogens is 533 g/mol. The molecule has 0 aromatic heterocycles. The summed E-state index contributed by atoms with van der Waals surface area (Å²) in [6, 6.07) is 21.7. The van der Waals surface area contributed by atoms with E-state index >= 15 is 0 Å². The summed E-state index contributed by atoms with van der Waals surface area (Å²) in [5, 5.41) is 8.89. The molecule has 9 heteroatoms. The van der Waals surface area contributed by atoms with Crippen LogP contribution in [0, 0.1) is 17.2 Å². The maximum atomic E-state index is 13.7. The Morgan fingerprint density at radius 2 is 1.49 bits per heavy atom. The van der Waals surface area contributed by atoms with E-state index < -0.39 is 18.2 Å². The maximum absolute atomic E-state index is 13.7. The fourth-order valence-corrected chi connectivity index (χ4v) is 4.84. The summed E-state index contributed by atoms with van der Waals surface area (Å²) in [7, 11) is 0. The van der Waals surface area contributed by atoms with Gasteiger partial charge in [-0.2, -0.15) is 0 Å². The van der Waals surface area contributed by atoms with Crippen LogP contribution in [0.15, 0.2) is 78.9 Å². The molecule has 0 radical (unpaired) electrons. The smallest absolute Gasteiger partial charge is 0.489 e. The van der Waals surface area contributed by atoms with E-state index in [0.29, 0.717) is 30.0 Å². The van der Waals surface area contributed by atoms with Gasteiger partial charge in [-0.25, -0.2) is 0 Å². The lowest BCUT2D eigenvalue weighted by Gasteiger charge is -2.26. The molecule has 4 rings (SSSR count). The average molecular weight is 567 g/mol. The topological polar surface area (TPSA) is 79.7 Å². The number of rotatable bonds is 13. The van der Waals surface area contributed by atoms with Gasteiger partial charge in [0.2, 0.25) is 0 Å². The van der Waals surface area contributed by atoms with Crippen LogP contribution in [0.3, 0.4) is 0 Å². The highest BCUT2D eigenvalue weighted by atomic mass is 19.4. The molecular formula is C32H33F3N2O4. The second-order valence-corrected chi connectivity index (χ2v) is 10.2. The summed E-state index contributed by atoms with van der Waals surface area (Å²) in [5.41, 5.74) is 1.99. The zero-order valence-electron chi connectivity index (χ0n) is 22.8. The van der Waals surface area contributed by atoms with Gasteiger partial charge in [0.1, 0.15) is 23.9 Å². The number of hydrogen-bond acceptors (Lipinski definition) is 6. The Labute approximate surface area is 237 Å². The van der Waals surface area contributed by atoms with Gasteiger partial charge in [-0.3, -0.25) is 9.59 Å². The van der Waals surface area contributed by atoms with Crippen molar-refractivity contribution in [3.05, 3.63) is 95.6 Å². The third-order valence-corrected chi connectivity index (χ3v) is 7.20. The van der Waals surface area contributed by atoms with Crippen molar-refractivity contribution in [2.45, 2.75) is 39.2 Å². The Bertz CT molecular complexity index is 1320. The van der Waals surface area contributed by atoms with Gasteiger partial charge in [0.25, 0.3) is 0 Å². The SMILES string of the molecule is CC(C(=N)C(CN1CCCC1)C(=O)c1ccc(OCc2ccccc2)cc1)C(=O)Cc1ccc(OC(F)(F)F)cc1. The first-order valence-electron chi connectivity index (χ1n) is 13.6. The number of ether oxygens (including phenoxy) is 2. The predicted octanol–water partition coefficient (Wildman–Crippen LogP) is 6.53. The van der Waals surface area contributed by atoms with Crippen molar-refractivity contribution in [2.24, 2.45) is 11.8 Å². The van der Waals surface area contributed by atoms with Gasteiger partial charge in [-0.1, -0.05) is 49.4 Å². The number of benzene rings is 3. The molecule has 0 aliphatic carbocycles. The van der Waals surface area contributed by atoms with E-state index in [1.807, 2.05) is 30.3 Å².